The number of azide groups is 1. The van der Waals surface area contributed by atoms with Gasteiger partial charge in [-0.25, -0.2) is 0 Å². The summed E-state index contributed by atoms with van der Waals surface area (Å²) in [5.74, 6) is 0. The van der Waals surface area contributed by atoms with Crippen molar-refractivity contribution in [1.82, 2.24) is 0 Å². The van der Waals surface area contributed by atoms with Crippen LogP contribution in [0.2, 0.25) is 0 Å². The summed E-state index contributed by atoms with van der Waals surface area (Å²) in [6.07, 6.45) is -7.94. The highest BCUT2D eigenvalue weighted by atomic mass is 16.7. The summed E-state index contributed by atoms with van der Waals surface area (Å²) < 4.78 is 23.2. The van der Waals surface area contributed by atoms with E-state index in [1.165, 1.54) is 0 Å². The Hall–Kier alpha value is -0.970. The van der Waals surface area contributed by atoms with Gasteiger partial charge in [-0.05, 0) is 40.1 Å². The van der Waals surface area contributed by atoms with Gasteiger partial charge in [0.05, 0.1) is 23.9 Å². The molecular formula is C18H33N3O7. The Kier molecular flexibility index (Phi) is 6.70. The smallest absolute Gasteiger partial charge is 0.187 e. The maximum Gasteiger partial charge on any atom is 0.187 e. The van der Waals surface area contributed by atoms with Crippen molar-refractivity contribution in [2.75, 3.05) is 6.54 Å². The quantitative estimate of drug-likeness (QED) is 0.358. The summed E-state index contributed by atoms with van der Waals surface area (Å²) in [6, 6.07) is 0. The molecule has 0 aromatic rings. The molecule has 7 atom stereocenters. The maximum atomic E-state index is 10.7. The molecule has 2 aliphatic rings. The number of ether oxygens (including phenoxy) is 4. The Morgan fingerprint density at radius 1 is 1.07 bits per heavy atom. The second-order valence-electron chi connectivity index (χ2n) is 9.43. The molecule has 10 nitrogen and oxygen atoms in total. The number of hydrogen-bond acceptors (Lipinski definition) is 8. The normalized spacial score (nSPS) is 40.1. The molecule has 0 aliphatic carbocycles. The third-order valence-electron chi connectivity index (χ3n) is 5.69. The van der Waals surface area contributed by atoms with E-state index in [2.05, 4.69) is 10.0 Å². The monoisotopic (exact) mass is 403 g/mol. The molecule has 0 aromatic carbocycles. The van der Waals surface area contributed by atoms with E-state index < -0.39 is 59.7 Å². The number of aliphatic hydroxyl groups excluding tert-OH is 3. The molecule has 2 heterocycles. The van der Waals surface area contributed by atoms with Crippen molar-refractivity contribution in [3.8, 4) is 0 Å². The Balaban J connectivity index is 2.22. The SMILES string of the molecule is CC(C)(C)OC1OC(CN=[N+]=[N-])C(OC2OC(C)(C)C(C)(C)C2O)C(O)C1O. The first-order valence-corrected chi connectivity index (χ1v) is 9.43. The topological polar surface area (TPSA) is 146 Å². The van der Waals surface area contributed by atoms with Crippen LogP contribution in [0.1, 0.15) is 48.5 Å². The van der Waals surface area contributed by atoms with E-state index in [4.69, 9.17) is 24.5 Å². The predicted octanol–water partition coefficient (Wildman–Crippen LogP) is 1.47. The van der Waals surface area contributed by atoms with E-state index in [1.807, 2.05) is 27.7 Å². The standard InChI is InChI=1S/C18H33N3O7/c1-16(2,3)27-14-11(23)10(22)12(9(25-14)8-20-21-19)26-15-13(24)17(4,5)18(6,7)28-15/h9-15,22-24H,8H2,1-7H3. The zero-order chi connectivity index (χ0) is 21.5. The fourth-order valence-corrected chi connectivity index (χ4v) is 3.24. The Morgan fingerprint density at radius 3 is 2.14 bits per heavy atom. The maximum absolute atomic E-state index is 10.7. The van der Waals surface area contributed by atoms with Crippen molar-refractivity contribution < 1.29 is 34.3 Å². The summed E-state index contributed by atoms with van der Waals surface area (Å²) in [6.45, 7) is 12.6. The van der Waals surface area contributed by atoms with Crippen LogP contribution in [0.4, 0.5) is 0 Å². The molecule has 2 fully saturated rings. The van der Waals surface area contributed by atoms with Gasteiger partial charge >= 0.3 is 0 Å². The predicted molar refractivity (Wildman–Crippen MR) is 99.1 cm³/mol. The van der Waals surface area contributed by atoms with Crippen LogP contribution in [0.15, 0.2) is 5.11 Å². The second kappa shape index (κ2) is 8.04. The number of nitrogens with zero attached hydrogens (tertiary/aromatic N) is 3. The van der Waals surface area contributed by atoms with Crippen molar-refractivity contribution in [1.29, 1.82) is 0 Å². The van der Waals surface area contributed by atoms with Gasteiger partial charge in [0.25, 0.3) is 0 Å². The Bertz CT molecular complexity index is 600. The Labute approximate surface area is 165 Å². The van der Waals surface area contributed by atoms with E-state index in [-0.39, 0.29) is 6.54 Å². The molecule has 28 heavy (non-hydrogen) atoms. The highest BCUT2D eigenvalue weighted by Crippen LogP contribution is 2.47. The van der Waals surface area contributed by atoms with Crippen LogP contribution in [0.3, 0.4) is 0 Å². The number of rotatable bonds is 5. The van der Waals surface area contributed by atoms with Gasteiger partial charge in [0, 0.05) is 10.3 Å². The average Bonchev–Trinajstić information content (AvgIpc) is 2.71. The van der Waals surface area contributed by atoms with Crippen molar-refractivity contribution in [3.63, 3.8) is 0 Å². The highest BCUT2D eigenvalue weighted by molar-refractivity contribution is 5.02. The van der Waals surface area contributed by atoms with E-state index in [9.17, 15) is 15.3 Å². The second-order valence-corrected chi connectivity index (χ2v) is 9.43. The first-order chi connectivity index (χ1) is 12.7. The van der Waals surface area contributed by atoms with Crippen LogP contribution in [-0.4, -0.2) is 76.2 Å². The van der Waals surface area contributed by atoms with E-state index >= 15 is 0 Å². The molecule has 0 spiro atoms. The first kappa shape index (κ1) is 23.3. The van der Waals surface area contributed by atoms with Crippen LogP contribution in [-0.2, 0) is 18.9 Å². The van der Waals surface area contributed by atoms with Crippen molar-refractivity contribution in [3.05, 3.63) is 10.4 Å². The summed E-state index contributed by atoms with van der Waals surface area (Å²) in [5, 5.41) is 35.3. The molecular weight excluding hydrogens is 370 g/mol. The van der Waals surface area contributed by atoms with Gasteiger partial charge in [0.2, 0.25) is 0 Å². The lowest BCUT2D eigenvalue weighted by Gasteiger charge is -2.44. The summed E-state index contributed by atoms with van der Waals surface area (Å²) in [4.78, 5) is 2.72. The van der Waals surface area contributed by atoms with Gasteiger partial charge in [0.1, 0.15) is 24.4 Å². The number of aliphatic hydroxyl groups is 3. The highest BCUT2D eigenvalue weighted by Gasteiger charge is 2.57. The lowest BCUT2D eigenvalue weighted by atomic mass is 9.75. The average molecular weight is 403 g/mol. The van der Waals surface area contributed by atoms with E-state index in [0.29, 0.717) is 0 Å². The molecule has 2 rings (SSSR count). The van der Waals surface area contributed by atoms with Gasteiger partial charge in [-0.3, -0.25) is 0 Å². The van der Waals surface area contributed by atoms with Crippen LogP contribution in [0.25, 0.3) is 10.4 Å². The molecule has 10 heteroatoms. The first-order valence-electron chi connectivity index (χ1n) is 9.43. The van der Waals surface area contributed by atoms with Crippen molar-refractivity contribution in [2.45, 2.75) is 103 Å². The van der Waals surface area contributed by atoms with Gasteiger partial charge in [-0.2, -0.15) is 0 Å². The zero-order valence-corrected chi connectivity index (χ0v) is 17.6. The largest absolute Gasteiger partial charge is 0.387 e. The van der Waals surface area contributed by atoms with Crippen LogP contribution < -0.4 is 0 Å². The molecule has 2 saturated heterocycles. The molecule has 0 saturated carbocycles. The molecule has 0 radical (unpaired) electrons. The van der Waals surface area contributed by atoms with E-state index in [0.717, 1.165) is 0 Å². The lowest BCUT2D eigenvalue weighted by Crippen LogP contribution is -2.62. The third kappa shape index (κ3) is 4.60. The van der Waals surface area contributed by atoms with Gasteiger partial charge in [-0.1, -0.05) is 19.0 Å². The molecule has 162 valence electrons. The minimum atomic E-state index is -1.40. The fraction of sp³-hybridized carbons (Fsp3) is 1.00. The van der Waals surface area contributed by atoms with Gasteiger partial charge in [-0.15, -0.1) is 0 Å². The molecule has 0 aromatic heterocycles. The Morgan fingerprint density at radius 2 is 1.68 bits per heavy atom. The minimum Gasteiger partial charge on any atom is -0.387 e. The zero-order valence-electron chi connectivity index (χ0n) is 17.6. The van der Waals surface area contributed by atoms with Gasteiger partial charge < -0.3 is 34.3 Å². The van der Waals surface area contributed by atoms with Crippen LogP contribution in [0.5, 0.6) is 0 Å². The van der Waals surface area contributed by atoms with Crippen LogP contribution in [0, 0.1) is 5.41 Å². The summed E-state index contributed by atoms with van der Waals surface area (Å²) in [7, 11) is 0. The molecule has 3 N–H and O–H groups in total. The minimum absolute atomic E-state index is 0.148. The number of hydrogen-bond donors (Lipinski definition) is 3. The van der Waals surface area contributed by atoms with Crippen molar-refractivity contribution in [2.24, 2.45) is 10.5 Å². The molecule has 0 bridgehead atoms. The van der Waals surface area contributed by atoms with E-state index in [1.54, 1.807) is 20.8 Å². The fourth-order valence-electron chi connectivity index (χ4n) is 3.24. The summed E-state index contributed by atoms with van der Waals surface area (Å²) >= 11 is 0. The molecule has 2 aliphatic heterocycles. The van der Waals surface area contributed by atoms with Crippen LogP contribution >= 0.6 is 0 Å². The summed E-state index contributed by atoms with van der Waals surface area (Å²) in [5.41, 5.74) is 6.73. The van der Waals surface area contributed by atoms with Crippen molar-refractivity contribution >= 4 is 0 Å². The lowest BCUT2D eigenvalue weighted by molar-refractivity contribution is -0.339. The third-order valence-corrected chi connectivity index (χ3v) is 5.69. The van der Waals surface area contributed by atoms with Gasteiger partial charge in [0.15, 0.2) is 12.6 Å². The molecule has 7 unspecified atom stereocenters. The molecule has 0 amide bonds.